The molecule has 202 valence electrons. The SMILES string of the molecule is CC(C)(C)[Si](OCCC#CCCCCCOCCOC1CCCCO1)(c1ccccc1)c1ccccc1. The smallest absolute Gasteiger partial charge is 0.261 e. The van der Waals surface area contributed by atoms with Gasteiger partial charge in [0.2, 0.25) is 0 Å². The van der Waals surface area contributed by atoms with Crippen LogP contribution >= 0.6 is 0 Å². The Kier molecular flexibility index (Phi) is 12.9. The van der Waals surface area contributed by atoms with Crippen molar-refractivity contribution in [2.24, 2.45) is 0 Å². The van der Waals surface area contributed by atoms with Gasteiger partial charge in [-0.3, -0.25) is 0 Å². The maximum atomic E-state index is 6.90. The molecule has 0 bridgehead atoms. The lowest BCUT2D eigenvalue weighted by Crippen LogP contribution is -2.66. The van der Waals surface area contributed by atoms with E-state index in [2.05, 4.69) is 93.3 Å². The van der Waals surface area contributed by atoms with Gasteiger partial charge in [0.05, 0.1) is 13.2 Å². The van der Waals surface area contributed by atoms with Gasteiger partial charge in [0, 0.05) is 32.7 Å². The molecule has 3 rings (SSSR count). The first-order valence-corrected chi connectivity index (χ1v) is 16.0. The van der Waals surface area contributed by atoms with Crippen LogP contribution in [0.25, 0.3) is 0 Å². The van der Waals surface area contributed by atoms with Crippen LogP contribution in [-0.4, -0.2) is 47.6 Å². The fourth-order valence-corrected chi connectivity index (χ4v) is 9.53. The Hall–Kier alpha value is -1.94. The highest BCUT2D eigenvalue weighted by Gasteiger charge is 2.49. The third-order valence-electron chi connectivity index (χ3n) is 6.85. The summed E-state index contributed by atoms with van der Waals surface area (Å²) in [5.41, 5.74) is 0. The summed E-state index contributed by atoms with van der Waals surface area (Å²) in [6, 6.07) is 21.6. The lowest BCUT2D eigenvalue weighted by atomic mass is 10.2. The fraction of sp³-hybridized carbons (Fsp3) is 0.562. The number of unbranched alkanes of at least 4 members (excludes halogenated alkanes) is 3. The van der Waals surface area contributed by atoms with Crippen LogP contribution in [0.5, 0.6) is 0 Å². The molecule has 1 aliphatic rings. The first-order valence-electron chi connectivity index (χ1n) is 14.1. The van der Waals surface area contributed by atoms with E-state index in [-0.39, 0.29) is 11.3 Å². The summed E-state index contributed by atoms with van der Waals surface area (Å²) < 4.78 is 23.8. The van der Waals surface area contributed by atoms with Gasteiger partial charge >= 0.3 is 0 Å². The highest BCUT2D eigenvalue weighted by atomic mass is 28.4. The van der Waals surface area contributed by atoms with E-state index in [0.717, 1.165) is 58.2 Å². The lowest BCUT2D eigenvalue weighted by molar-refractivity contribution is -0.169. The number of ether oxygens (including phenoxy) is 3. The molecule has 1 saturated heterocycles. The topological polar surface area (TPSA) is 36.9 Å². The van der Waals surface area contributed by atoms with Crippen LogP contribution in [0.2, 0.25) is 5.04 Å². The summed E-state index contributed by atoms with van der Waals surface area (Å²) in [6.07, 6.45) is 8.34. The molecule has 2 aromatic carbocycles. The summed E-state index contributed by atoms with van der Waals surface area (Å²) in [6.45, 7) is 10.5. The Bertz CT molecular complexity index is 885. The maximum Gasteiger partial charge on any atom is 0.261 e. The number of benzene rings is 2. The van der Waals surface area contributed by atoms with Crippen molar-refractivity contribution in [3.8, 4) is 11.8 Å². The molecule has 2 aromatic rings. The molecule has 0 radical (unpaired) electrons. The van der Waals surface area contributed by atoms with Gasteiger partial charge in [-0.2, -0.15) is 0 Å². The van der Waals surface area contributed by atoms with E-state index >= 15 is 0 Å². The van der Waals surface area contributed by atoms with Crippen molar-refractivity contribution < 1.29 is 18.6 Å². The van der Waals surface area contributed by atoms with Crippen LogP contribution in [0.4, 0.5) is 0 Å². The largest absolute Gasteiger partial charge is 0.406 e. The zero-order chi connectivity index (χ0) is 26.2. The van der Waals surface area contributed by atoms with Crippen LogP contribution in [0.1, 0.15) is 72.1 Å². The van der Waals surface area contributed by atoms with Gasteiger partial charge in [0.25, 0.3) is 8.32 Å². The maximum absolute atomic E-state index is 6.90. The minimum Gasteiger partial charge on any atom is -0.406 e. The molecule has 1 aliphatic heterocycles. The molecule has 0 spiro atoms. The first-order chi connectivity index (χ1) is 18.0. The third-order valence-corrected chi connectivity index (χ3v) is 11.9. The van der Waals surface area contributed by atoms with Gasteiger partial charge in [-0.05, 0) is 47.5 Å². The van der Waals surface area contributed by atoms with Crippen LogP contribution in [-0.2, 0) is 18.6 Å². The van der Waals surface area contributed by atoms with Gasteiger partial charge in [-0.25, -0.2) is 0 Å². The standard InChI is InChI=1S/C32H46O4Si/c1-32(2,3)37(29-19-11-9-12-20-29,30-21-13-10-14-22-30)36-26-17-8-6-4-5-7-16-24-33-27-28-35-31-23-15-18-25-34-31/h9-14,19-22,31H,4-5,7,15-18,23-28H2,1-3H3. The molecule has 0 amide bonds. The monoisotopic (exact) mass is 522 g/mol. The third kappa shape index (κ3) is 9.39. The predicted octanol–water partition coefficient (Wildman–Crippen LogP) is 6.08. The van der Waals surface area contributed by atoms with Crippen LogP contribution in [0.15, 0.2) is 60.7 Å². The van der Waals surface area contributed by atoms with Crippen molar-refractivity contribution >= 4 is 18.7 Å². The average molecular weight is 523 g/mol. The quantitative estimate of drug-likeness (QED) is 0.171. The number of rotatable bonds is 14. The van der Waals surface area contributed by atoms with E-state index in [1.54, 1.807) is 0 Å². The van der Waals surface area contributed by atoms with Crippen molar-refractivity contribution in [3.05, 3.63) is 60.7 Å². The average Bonchev–Trinajstić information content (AvgIpc) is 2.92. The number of hydrogen-bond donors (Lipinski definition) is 0. The Balaban J connectivity index is 1.35. The van der Waals surface area contributed by atoms with Crippen molar-refractivity contribution in [2.45, 2.75) is 83.5 Å². The molecule has 0 saturated carbocycles. The molecule has 0 N–H and O–H groups in total. The summed E-state index contributed by atoms with van der Waals surface area (Å²) in [5.74, 6) is 6.70. The molecule has 37 heavy (non-hydrogen) atoms. The second-order valence-electron chi connectivity index (χ2n) is 10.7. The van der Waals surface area contributed by atoms with E-state index in [9.17, 15) is 0 Å². The summed E-state index contributed by atoms with van der Waals surface area (Å²) in [7, 11) is -2.46. The Morgan fingerprint density at radius 1 is 0.784 bits per heavy atom. The van der Waals surface area contributed by atoms with Gasteiger partial charge in [-0.1, -0.05) is 87.9 Å². The summed E-state index contributed by atoms with van der Waals surface area (Å²) in [5, 5.41) is 2.64. The van der Waals surface area contributed by atoms with E-state index in [1.807, 2.05) is 0 Å². The van der Waals surface area contributed by atoms with Gasteiger partial charge in [-0.15, -0.1) is 11.8 Å². The highest BCUT2D eigenvalue weighted by molar-refractivity contribution is 6.99. The van der Waals surface area contributed by atoms with E-state index in [4.69, 9.17) is 18.6 Å². The molecule has 1 atom stereocenters. The highest BCUT2D eigenvalue weighted by Crippen LogP contribution is 2.36. The molecule has 1 unspecified atom stereocenters. The summed E-state index contributed by atoms with van der Waals surface area (Å²) >= 11 is 0. The van der Waals surface area contributed by atoms with Crippen LogP contribution < -0.4 is 10.4 Å². The normalized spacial score (nSPS) is 16.2. The van der Waals surface area contributed by atoms with Crippen molar-refractivity contribution in [1.29, 1.82) is 0 Å². The molecule has 1 fully saturated rings. The lowest BCUT2D eigenvalue weighted by Gasteiger charge is -2.43. The molecule has 0 aromatic heterocycles. The zero-order valence-corrected chi connectivity index (χ0v) is 24.2. The van der Waals surface area contributed by atoms with Crippen molar-refractivity contribution in [3.63, 3.8) is 0 Å². The first kappa shape index (κ1) is 29.6. The second kappa shape index (κ2) is 16.1. The van der Waals surface area contributed by atoms with E-state index in [1.165, 1.54) is 16.8 Å². The van der Waals surface area contributed by atoms with Crippen LogP contribution in [0, 0.1) is 11.8 Å². The molecular formula is C32H46O4Si. The van der Waals surface area contributed by atoms with Crippen molar-refractivity contribution in [1.82, 2.24) is 0 Å². The van der Waals surface area contributed by atoms with Crippen LogP contribution in [0.3, 0.4) is 0 Å². The summed E-state index contributed by atoms with van der Waals surface area (Å²) in [4.78, 5) is 0. The van der Waals surface area contributed by atoms with E-state index < -0.39 is 8.32 Å². The van der Waals surface area contributed by atoms with Gasteiger partial charge in [0.1, 0.15) is 0 Å². The van der Waals surface area contributed by atoms with Crippen molar-refractivity contribution in [2.75, 3.05) is 33.0 Å². The Morgan fingerprint density at radius 2 is 1.46 bits per heavy atom. The minimum atomic E-state index is -2.46. The zero-order valence-electron chi connectivity index (χ0n) is 23.2. The molecule has 4 nitrogen and oxygen atoms in total. The Morgan fingerprint density at radius 3 is 2.08 bits per heavy atom. The second-order valence-corrected chi connectivity index (χ2v) is 15.0. The van der Waals surface area contributed by atoms with E-state index in [0.29, 0.717) is 19.8 Å². The minimum absolute atomic E-state index is 0.000974. The predicted molar refractivity (Wildman–Crippen MR) is 155 cm³/mol. The Labute approximate surface area is 226 Å². The molecule has 1 heterocycles. The van der Waals surface area contributed by atoms with Gasteiger partial charge < -0.3 is 18.6 Å². The number of hydrogen-bond acceptors (Lipinski definition) is 4. The molecule has 0 aliphatic carbocycles. The fourth-order valence-electron chi connectivity index (χ4n) is 4.97. The molecular weight excluding hydrogens is 476 g/mol. The van der Waals surface area contributed by atoms with Gasteiger partial charge in [0.15, 0.2) is 6.29 Å². The molecule has 5 heteroatoms.